The lowest BCUT2D eigenvalue weighted by atomic mass is 10.1. The number of aliphatic imine (C=N–C) groups is 1. The molecule has 1 saturated carbocycles. The van der Waals surface area contributed by atoms with E-state index in [9.17, 15) is 0 Å². The van der Waals surface area contributed by atoms with Gasteiger partial charge in [-0.25, -0.2) is 0 Å². The van der Waals surface area contributed by atoms with Crippen LogP contribution in [0, 0.1) is 20.8 Å². The summed E-state index contributed by atoms with van der Waals surface area (Å²) < 4.78 is 13.5. The fourth-order valence-corrected chi connectivity index (χ4v) is 4.06. The zero-order chi connectivity index (χ0) is 22.2. The van der Waals surface area contributed by atoms with Gasteiger partial charge in [0.2, 0.25) is 0 Å². The summed E-state index contributed by atoms with van der Waals surface area (Å²) in [6, 6.07) is 6.43. The fraction of sp³-hybridized carbons (Fsp3) is 0.583. The fourth-order valence-electron chi connectivity index (χ4n) is 4.06. The number of ether oxygens (including phenoxy) is 2. The first-order valence-corrected chi connectivity index (χ1v) is 11.2. The minimum Gasteiger partial charge on any atom is -0.490 e. The largest absolute Gasteiger partial charge is 0.490 e. The summed E-state index contributed by atoms with van der Waals surface area (Å²) in [6.07, 6.45) is 5.18. The third-order valence-electron chi connectivity index (χ3n) is 5.96. The lowest BCUT2D eigenvalue weighted by Crippen LogP contribution is -2.36. The van der Waals surface area contributed by atoms with Crippen LogP contribution in [0.1, 0.15) is 53.8 Å². The molecule has 2 aromatic rings. The highest BCUT2D eigenvalue weighted by Crippen LogP contribution is 2.27. The SMILES string of the molecule is CN=C(NCc1ccc(C)cc1OC1CCCC1)NCc1c(C)nn(CCOC)c1C.I. The zero-order valence-corrected chi connectivity index (χ0v) is 22.4. The van der Waals surface area contributed by atoms with Crippen molar-refractivity contribution >= 4 is 29.9 Å². The molecular formula is C24H38IN5O2. The molecule has 0 radical (unpaired) electrons. The molecule has 0 amide bonds. The second-order valence-electron chi connectivity index (χ2n) is 8.28. The lowest BCUT2D eigenvalue weighted by Gasteiger charge is -2.18. The Balaban J connectivity index is 0.00000363. The second-order valence-corrected chi connectivity index (χ2v) is 8.28. The van der Waals surface area contributed by atoms with Crippen LogP contribution in [0.15, 0.2) is 23.2 Å². The average molecular weight is 556 g/mol. The maximum atomic E-state index is 6.33. The van der Waals surface area contributed by atoms with Gasteiger partial charge in [0, 0.05) is 44.1 Å². The number of nitrogens with one attached hydrogen (secondary N) is 2. The number of hydrogen-bond acceptors (Lipinski definition) is 4. The van der Waals surface area contributed by atoms with Crippen LogP contribution in [0.5, 0.6) is 5.75 Å². The highest BCUT2D eigenvalue weighted by molar-refractivity contribution is 14.0. The van der Waals surface area contributed by atoms with Gasteiger partial charge in [-0.1, -0.05) is 12.1 Å². The highest BCUT2D eigenvalue weighted by Gasteiger charge is 2.18. The minimum atomic E-state index is 0. The van der Waals surface area contributed by atoms with Crippen molar-refractivity contribution in [3.63, 3.8) is 0 Å². The predicted octanol–water partition coefficient (Wildman–Crippen LogP) is 4.26. The molecular weight excluding hydrogens is 517 g/mol. The Morgan fingerprint density at radius 3 is 2.56 bits per heavy atom. The van der Waals surface area contributed by atoms with Crippen LogP contribution < -0.4 is 15.4 Å². The first kappa shape index (κ1) is 26.4. The first-order valence-electron chi connectivity index (χ1n) is 11.2. The summed E-state index contributed by atoms with van der Waals surface area (Å²) in [5.74, 6) is 1.75. The lowest BCUT2D eigenvalue weighted by molar-refractivity contribution is 0.182. The summed E-state index contributed by atoms with van der Waals surface area (Å²) in [7, 11) is 3.50. The normalized spacial score (nSPS) is 14.3. The van der Waals surface area contributed by atoms with E-state index in [1.807, 2.05) is 11.6 Å². The Labute approximate surface area is 209 Å². The van der Waals surface area contributed by atoms with Gasteiger partial charge in [-0.3, -0.25) is 9.67 Å². The van der Waals surface area contributed by atoms with E-state index in [4.69, 9.17) is 9.47 Å². The minimum absolute atomic E-state index is 0. The van der Waals surface area contributed by atoms with Crippen molar-refractivity contribution in [3.8, 4) is 5.75 Å². The molecule has 0 bridgehead atoms. The molecule has 0 unspecified atom stereocenters. The van der Waals surface area contributed by atoms with Crippen molar-refractivity contribution in [1.82, 2.24) is 20.4 Å². The third kappa shape index (κ3) is 7.10. The second kappa shape index (κ2) is 13.0. The van der Waals surface area contributed by atoms with Crippen molar-refractivity contribution in [2.45, 2.75) is 72.2 Å². The molecule has 32 heavy (non-hydrogen) atoms. The molecule has 1 heterocycles. The molecule has 0 atom stereocenters. The maximum absolute atomic E-state index is 6.33. The van der Waals surface area contributed by atoms with Gasteiger partial charge in [0.05, 0.1) is 24.9 Å². The smallest absolute Gasteiger partial charge is 0.191 e. The van der Waals surface area contributed by atoms with E-state index in [1.165, 1.54) is 24.0 Å². The summed E-state index contributed by atoms with van der Waals surface area (Å²) in [5.41, 5.74) is 5.75. The van der Waals surface area contributed by atoms with Crippen molar-refractivity contribution in [2.75, 3.05) is 20.8 Å². The highest BCUT2D eigenvalue weighted by atomic mass is 127. The monoisotopic (exact) mass is 555 g/mol. The van der Waals surface area contributed by atoms with Crippen LogP contribution in [0.2, 0.25) is 0 Å². The number of guanidine groups is 1. The molecule has 3 rings (SSSR count). The quantitative estimate of drug-likeness (QED) is 0.275. The number of hydrogen-bond donors (Lipinski definition) is 2. The Morgan fingerprint density at radius 2 is 1.88 bits per heavy atom. The van der Waals surface area contributed by atoms with Crippen LogP contribution in [0.25, 0.3) is 0 Å². The van der Waals surface area contributed by atoms with Crippen LogP contribution >= 0.6 is 24.0 Å². The third-order valence-corrected chi connectivity index (χ3v) is 5.96. The number of nitrogens with zero attached hydrogens (tertiary/aromatic N) is 3. The Morgan fingerprint density at radius 1 is 1.16 bits per heavy atom. The van der Waals surface area contributed by atoms with E-state index in [0.29, 0.717) is 25.8 Å². The number of benzene rings is 1. The van der Waals surface area contributed by atoms with Gasteiger partial charge in [-0.15, -0.1) is 24.0 Å². The number of halogens is 1. The summed E-state index contributed by atoms with van der Waals surface area (Å²) in [4.78, 5) is 4.39. The van der Waals surface area contributed by atoms with Crippen molar-refractivity contribution in [2.24, 2.45) is 4.99 Å². The van der Waals surface area contributed by atoms with Crippen LogP contribution in [0.4, 0.5) is 0 Å². The molecule has 178 valence electrons. The molecule has 2 N–H and O–H groups in total. The van der Waals surface area contributed by atoms with Crippen LogP contribution in [-0.4, -0.2) is 42.6 Å². The average Bonchev–Trinajstić information content (AvgIpc) is 3.36. The molecule has 1 aromatic heterocycles. The number of aromatic nitrogens is 2. The summed E-state index contributed by atoms with van der Waals surface area (Å²) >= 11 is 0. The van der Waals surface area contributed by atoms with Gasteiger partial charge < -0.3 is 20.1 Å². The Kier molecular flexibility index (Phi) is 10.8. The standard InChI is InChI=1S/C24H37N5O2.HI/c1-17-10-11-20(23(14-17)31-21-8-6-7-9-21)15-26-24(25-4)27-16-22-18(2)28-29(19(22)3)12-13-30-5;/h10-11,14,21H,6-9,12-13,15-16H2,1-5H3,(H2,25,26,27);1H. The van der Waals surface area contributed by atoms with E-state index in [0.717, 1.165) is 48.0 Å². The van der Waals surface area contributed by atoms with Gasteiger partial charge >= 0.3 is 0 Å². The Hall–Kier alpha value is -1.81. The van der Waals surface area contributed by atoms with Crippen LogP contribution in [0.3, 0.4) is 0 Å². The molecule has 1 aliphatic carbocycles. The summed E-state index contributed by atoms with van der Waals surface area (Å²) in [6.45, 7) is 8.99. The number of aryl methyl sites for hydroxylation is 2. The molecule has 1 fully saturated rings. The molecule has 0 spiro atoms. The maximum Gasteiger partial charge on any atom is 0.191 e. The van der Waals surface area contributed by atoms with E-state index in [1.54, 1.807) is 14.2 Å². The van der Waals surface area contributed by atoms with Gasteiger partial charge in [0.25, 0.3) is 0 Å². The predicted molar refractivity (Wildman–Crippen MR) is 140 cm³/mol. The Bertz CT molecular complexity index is 891. The van der Waals surface area contributed by atoms with Crippen molar-refractivity contribution in [3.05, 3.63) is 46.3 Å². The molecule has 1 aliphatic rings. The topological polar surface area (TPSA) is 72.7 Å². The van der Waals surface area contributed by atoms with E-state index in [2.05, 4.69) is 52.8 Å². The van der Waals surface area contributed by atoms with E-state index < -0.39 is 0 Å². The number of rotatable bonds is 9. The molecule has 7 nitrogen and oxygen atoms in total. The molecule has 0 saturated heterocycles. The molecule has 1 aromatic carbocycles. The van der Waals surface area contributed by atoms with Crippen molar-refractivity contribution < 1.29 is 9.47 Å². The van der Waals surface area contributed by atoms with Gasteiger partial charge in [0.1, 0.15) is 5.75 Å². The van der Waals surface area contributed by atoms with Gasteiger partial charge in [0.15, 0.2) is 5.96 Å². The van der Waals surface area contributed by atoms with Crippen molar-refractivity contribution in [1.29, 1.82) is 0 Å². The van der Waals surface area contributed by atoms with E-state index >= 15 is 0 Å². The first-order chi connectivity index (χ1) is 15.0. The van der Waals surface area contributed by atoms with Gasteiger partial charge in [-0.05, 0) is 58.1 Å². The van der Waals surface area contributed by atoms with Crippen LogP contribution in [-0.2, 0) is 24.4 Å². The summed E-state index contributed by atoms with van der Waals surface area (Å²) in [5, 5.41) is 11.5. The molecule has 0 aliphatic heterocycles. The molecule has 8 heteroatoms. The number of methoxy groups -OCH3 is 1. The van der Waals surface area contributed by atoms with E-state index in [-0.39, 0.29) is 24.0 Å². The van der Waals surface area contributed by atoms with Gasteiger partial charge in [-0.2, -0.15) is 5.10 Å². The zero-order valence-electron chi connectivity index (χ0n) is 20.0.